The van der Waals surface area contributed by atoms with E-state index < -0.39 is 0 Å². The Bertz CT molecular complexity index is 682. The number of benzene rings is 1. The molecule has 0 saturated heterocycles. The zero-order valence-electron chi connectivity index (χ0n) is 10.7. The molecule has 0 radical (unpaired) electrons. The number of hydrogen-bond donors (Lipinski definition) is 1. The van der Waals surface area contributed by atoms with Crippen molar-refractivity contribution in [3.8, 4) is 17.1 Å². The fourth-order valence-electron chi connectivity index (χ4n) is 2.00. The molecular weight excluding hydrogens is 238 g/mol. The molecule has 2 aromatic heterocycles. The summed E-state index contributed by atoms with van der Waals surface area (Å²) in [6, 6.07) is 15.5. The molecule has 19 heavy (non-hydrogen) atoms. The number of para-hydroxylation sites is 1. The van der Waals surface area contributed by atoms with Crippen LogP contribution in [0.25, 0.3) is 17.1 Å². The smallest absolute Gasteiger partial charge is 0.154 e. The molecule has 0 bridgehead atoms. The van der Waals surface area contributed by atoms with Crippen LogP contribution in [0.2, 0.25) is 0 Å². The fourth-order valence-corrected chi connectivity index (χ4v) is 2.00. The highest BCUT2D eigenvalue weighted by Crippen LogP contribution is 2.24. The highest BCUT2D eigenvalue weighted by Gasteiger charge is 2.11. The predicted molar refractivity (Wildman–Crippen MR) is 75.1 cm³/mol. The lowest BCUT2D eigenvalue weighted by Crippen LogP contribution is -2.00. The summed E-state index contributed by atoms with van der Waals surface area (Å²) in [7, 11) is 0. The van der Waals surface area contributed by atoms with E-state index in [4.69, 9.17) is 10.2 Å². The van der Waals surface area contributed by atoms with Crippen LogP contribution in [0.4, 0.5) is 5.82 Å². The maximum atomic E-state index is 6.01. The minimum Gasteiger partial charge on any atom is -0.459 e. The highest BCUT2D eigenvalue weighted by atomic mass is 16.3. The van der Waals surface area contributed by atoms with Gasteiger partial charge in [0.25, 0.3) is 0 Å². The van der Waals surface area contributed by atoms with E-state index in [-0.39, 0.29) is 0 Å². The van der Waals surface area contributed by atoms with Crippen molar-refractivity contribution in [2.45, 2.75) is 13.3 Å². The first kappa shape index (κ1) is 11.6. The Balaban J connectivity index is 2.02. The predicted octanol–water partition coefficient (Wildman–Crippen LogP) is 3.28. The largest absolute Gasteiger partial charge is 0.459 e. The van der Waals surface area contributed by atoms with Crippen LogP contribution < -0.4 is 5.73 Å². The van der Waals surface area contributed by atoms with Gasteiger partial charge >= 0.3 is 0 Å². The third-order valence-corrected chi connectivity index (χ3v) is 3.00. The zero-order chi connectivity index (χ0) is 13.2. The van der Waals surface area contributed by atoms with Gasteiger partial charge in [0.05, 0.1) is 5.69 Å². The number of anilines is 1. The van der Waals surface area contributed by atoms with E-state index in [0.29, 0.717) is 5.82 Å². The molecule has 3 rings (SSSR count). The lowest BCUT2D eigenvalue weighted by Gasteiger charge is -2.02. The molecule has 0 spiro atoms. The minimum absolute atomic E-state index is 0.593. The van der Waals surface area contributed by atoms with E-state index in [2.05, 4.69) is 12.0 Å². The van der Waals surface area contributed by atoms with Gasteiger partial charge < -0.3 is 10.2 Å². The van der Waals surface area contributed by atoms with Crippen molar-refractivity contribution < 1.29 is 4.42 Å². The molecule has 2 N–H and O–H groups in total. The average molecular weight is 253 g/mol. The number of nitrogens with zero attached hydrogens (tertiary/aromatic N) is 2. The minimum atomic E-state index is 0.593. The molecule has 0 amide bonds. The standard InChI is InChI=1S/C15H15N3O/c1-2-12-8-9-14(19-12)13-10-15(16)18(17-13)11-6-4-3-5-7-11/h3-10H,2,16H2,1H3. The summed E-state index contributed by atoms with van der Waals surface area (Å²) in [5, 5.41) is 4.50. The van der Waals surface area contributed by atoms with Crippen molar-refractivity contribution in [3.63, 3.8) is 0 Å². The van der Waals surface area contributed by atoms with E-state index in [0.717, 1.165) is 29.3 Å². The third-order valence-electron chi connectivity index (χ3n) is 3.00. The van der Waals surface area contributed by atoms with Crippen molar-refractivity contribution in [1.82, 2.24) is 9.78 Å². The number of aryl methyl sites for hydroxylation is 1. The van der Waals surface area contributed by atoms with Crippen molar-refractivity contribution >= 4 is 5.82 Å². The van der Waals surface area contributed by atoms with Crippen LogP contribution in [-0.4, -0.2) is 9.78 Å². The Hall–Kier alpha value is -2.49. The van der Waals surface area contributed by atoms with Crippen LogP contribution in [0.1, 0.15) is 12.7 Å². The first-order chi connectivity index (χ1) is 9.28. The summed E-state index contributed by atoms with van der Waals surface area (Å²) in [5.41, 5.74) is 7.70. The Morgan fingerprint density at radius 2 is 1.95 bits per heavy atom. The molecular formula is C15H15N3O. The van der Waals surface area contributed by atoms with Crippen molar-refractivity contribution in [3.05, 3.63) is 54.3 Å². The molecule has 1 aromatic carbocycles. The van der Waals surface area contributed by atoms with E-state index in [1.54, 1.807) is 4.68 Å². The molecule has 4 heteroatoms. The maximum absolute atomic E-state index is 6.01. The molecule has 0 saturated carbocycles. The lowest BCUT2D eigenvalue weighted by atomic mass is 10.3. The second-order valence-electron chi connectivity index (χ2n) is 4.32. The first-order valence-electron chi connectivity index (χ1n) is 6.28. The number of furan rings is 1. The van der Waals surface area contributed by atoms with Crippen molar-refractivity contribution in [1.29, 1.82) is 0 Å². The molecule has 0 aliphatic heterocycles. The second-order valence-corrected chi connectivity index (χ2v) is 4.32. The quantitative estimate of drug-likeness (QED) is 0.779. The summed E-state index contributed by atoms with van der Waals surface area (Å²) in [4.78, 5) is 0. The Morgan fingerprint density at radius 1 is 1.16 bits per heavy atom. The summed E-state index contributed by atoms with van der Waals surface area (Å²) in [6.07, 6.45) is 0.870. The average Bonchev–Trinajstić information content (AvgIpc) is 3.06. The topological polar surface area (TPSA) is 57.0 Å². The Kier molecular flexibility index (Phi) is 2.83. The molecule has 0 aliphatic rings. The van der Waals surface area contributed by atoms with Gasteiger partial charge in [-0.05, 0) is 24.3 Å². The van der Waals surface area contributed by atoms with Crippen molar-refractivity contribution in [2.24, 2.45) is 0 Å². The van der Waals surface area contributed by atoms with Gasteiger partial charge in [-0.1, -0.05) is 25.1 Å². The van der Waals surface area contributed by atoms with Crippen LogP contribution in [0.5, 0.6) is 0 Å². The monoisotopic (exact) mass is 253 g/mol. The van der Waals surface area contributed by atoms with Gasteiger partial charge in [-0.25, -0.2) is 4.68 Å². The van der Waals surface area contributed by atoms with Crippen molar-refractivity contribution in [2.75, 3.05) is 5.73 Å². The Morgan fingerprint density at radius 3 is 2.63 bits per heavy atom. The van der Waals surface area contributed by atoms with Gasteiger partial charge in [-0.2, -0.15) is 5.10 Å². The summed E-state index contributed by atoms with van der Waals surface area (Å²) in [6.45, 7) is 2.06. The number of hydrogen-bond acceptors (Lipinski definition) is 3. The number of nitrogens with two attached hydrogens (primary N) is 1. The van der Waals surface area contributed by atoms with Crippen LogP contribution in [0.3, 0.4) is 0 Å². The lowest BCUT2D eigenvalue weighted by molar-refractivity contribution is 0.527. The van der Waals surface area contributed by atoms with Crippen LogP contribution in [-0.2, 0) is 6.42 Å². The molecule has 0 unspecified atom stereocenters. The van der Waals surface area contributed by atoms with E-state index in [9.17, 15) is 0 Å². The first-order valence-corrected chi connectivity index (χ1v) is 6.28. The zero-order valence-corrected chi connectivity index (χ0v) is 10.7. The summed E-state index contributed by atoms with van der Waals surface area (Å²) >= 11 is 0. The SMILES string of the molecule is CCc1ccc(-c2cc(N)n(-c3ccccc3)n2)o1. The van der Waals surface area contributed by atoms with Crippen LogP contribution >= 0.6 is 0 Å². The van der Waals surface area contributed by atoms with Crippen LogP contribution in [0.15, 0.2) is 52.9 Å². The number of rotatable bonds is 3. The number of aromatic nitrogens is 2. The molecule has 0 fully saturated rings. The van der Waals surface area contributed by atoms with E-state index >= 15 is 0 Å². The maximum Gasteiger partial charge on any atom is 0.154 e. The van der Waals surface area contributed by atoms with Gasteiger partial charge in [0.2, 0.25) is 0 Å². The second kappa shape index (κ2) is 4.65. The molecule has 2 heterocycles. The van der Waals surface area contributed by atoms with E-state index in [1.165, 1.54) is 0 Å². The van der Waals surface area contributed by atoms with Gasteiger partial charge in [-0.3, -0.25) is 0 Å². The summed E-state index contributed by atoms with van der Waals surface area (Å²) in [5.74, 6) is 2.29. The molecule has 0 aliphatic carbocycles. The van der Waals surface area contributed by atoms with Gasteiger partial charge in [0.1, 0.15) is 17.3 Å². The number of nitrogen functional groups attached to an aromatic ring is 1. The molecule has 0 atom stereocenters. The summed E-state index contributed by atoms with van der Waals surface area (Å²) < 4.78 is 7.40. The van der Waals surface area contributed by atoms with Gasteiger partial charge in [-0.15, -0.1) is 0 Å². The van der Waals surface area contributed by atoms with Gasteiger partial charge in [0.15, 0.2) is 5.76 Å². The molecule has 4 nitrogen and oxygen atoms in total. The fraction of sp³-hybridized carbons (Fsp3) is 0.133. The normalized spacial score (nSPS) is 10.8. The highest BCUT2D eigenvalue weighted by molar-refractivity contribution is 5.59. The molecule has 3 aromatic rings. The Labute approximate surface area is 111 Å². The van der Waals surface area contributed by atoms with Gasteiger partial charge in [0, 0.05) is 12.5 Å². The third kappa shape index (κ3) is 2.12. The molecule has 96 valence electrons. The van der Waals surface area contributed by atoms with E-state index in [1.807, 2.05) is 48.5 Å². The van der Waals surface area contributed by atoms with Crippen LogP contribution in [0, 0.1) is 0 Å².